The van der Waals surface area contributed by atoms with Gasteiger partial charge in [-0.25, -0.2) is 0 Å². The maximum atomic E-state index is 12.5. The van der Waals surface area contributed by atoms with Crippen molar-refractivity contribution < 1.29 is 14.7 Å². The molecule has 1 atom stereocenters. The van der Waals surface area contributed by atoms with E-state index in [0.717, 1.165) is 5.69 Å². The average Bonchev–Trinajstić information content (AvgIpc) is 3.12. The highest BCUT2D eigenvalue weighted by Crippen LogP contribution is 2.23. The zero-order valence-corrected chi connectivity index (χ0v) is 13.3. The first-order chi connectivity index (χ1) is 10.5. The van der Waals surface area contributed by atoms with Crippen molar-refractivity contribution in [3.63, 3.8) is 0 Å². The number of rotatable bonds is 3. The molecule has 6 nitrogen and oxygen atoms in total. The van der Waals surface area contributed by atoms with E-state index in [0.29, 0.717) is 35.1 Å². The Labute approximate surface area is 132 Å². The van der Waals surface area contributed by atoms with Crippen LogP contribution >= 0.6 is 11.3 Å². The summed E-state index contributed by atoms with van der Waals surface area (Å²) in [6.07, 6.45) is -0.613. The van der Waals surface area contributed by atoms with Gasteiger partial charge in [-0.1, -0.05) is 0 Å². The third-order valence-electron chi connectivity index (χ3n) is 3.70. The predicted molar refractivity (Wildman–Crippen MR) is 81.9 cm³/mol. The Morgan fingerprint density at radius 3 is 2.68 bits per heavy atom. The van der Waals surface area contributed by atoms with E-state index in [1.807, 2.05) is 10.7 Å². The molecule has 3 rings (SSSR count). The first-order valence-electron chi connectivity index (χ1n) is 7.10. The maximum absolute atomic E-state index is 12.5. The van der Waals surface area contributed by atoms with Crippen LogP contribution in [0.3, 0.4) is 0 Å². The number of aromatic nitrogens is 2. The van der Waals surface area contributed by atoms with E-state index in [4.69, 9.17) is 0 Å². The minimum absolute atomic E-state index is 0.0256. The highest BCUT2D eigenvalue weighted by Gasteiger charge is 2.25. The summed E-state index contributed by atoms with van der Waals surface area (Å²) in [7, 11) is 0. The number of amides is 1. The van der Waals surface area contributed by atoms with Crippen LogP contribution in [0.4, 0.5) is 0 Å². The maximum Gasteiger partial charge on any atom is 0.264 e. The smallest absolute Gasteiger partial charge is 0.264 e. The van der Waals surface area contributed by atoms with Crippen LogP contribution in [0.15, 0.2) is 18.2 Å². The Bertz CT molecular complexity index is 732. The lowest BCUT2D eigenvalue weighted by molar-refractivity contribution is 0.0710. The molecule has 0 fully saturated rings. The van der Waals surface area contributed by atoms with Gasteiger partial charge in [-0.05, 0) is 32.0 Å². The molecule has 0 bridgehead atoms. The molecule has 1 N–H and O–H groups in total. The molecule has 0 saturated heterocycles. The highest BCUT2D eigenvalue weighted by molar-refractivity contribution is 7.15. The molecule has 116 valence electrons. The van der Waals surface area contributed by atoms with E-state index in [-0.39, 0.29) is 11.7 Å². The fourth-order valence-corrected chi connectivity index (χ4v) is 3.33. The minimum atomic E-state index is -0.613. The number of carbonyl (C=O) groups excluding carboxylic acids is 2. The van der Waals surface area contributed by atoms with Gasteiger partial charge < -0.3 is 10.0 Å². The summed E-state index contributed by atoms with van der Waals surface area (Å²) in [6.45, 7) is 4.81. The van der Waals surface area contributed by atoms with Crippen LogP contribution in [0, 0.1) is 0 Å². The van der Waals surface area contributed by atoms with Crippen LogP contribution in [0.1, 0.15) is 50.7 Å². The summed E-state index contributed by atoms with van der Waals surface area (Å²) in [5.74, 6) is -0.0918. The molecule has 2 aromatic rings. The second-order valence-electron chi connectivity index (χ2n) is 5.41. The lowest BCUT2D eigenvalue weighted by atomic mass is 10.2. The van der Waals surface area contributed by atoms with Crippen molar-refractivity contribution in [3.8, 4) is 0 Å². The van der Waals surface area contributed by atoms with Crippen molar-refractivity contribution in [1.82, 2.24) is 14.7 Å². The monoisotopic (exact) mass is 319 g/mol. The van der Waals surface area contributed by atoms with Crippen LogP contribution in [-0.4, -0.2) is 38.0 Å². The van der Waals surface area contributed by atoms with Crippen LogP contribution in [0.5, 0.6) is 0 Å². The summed E-state index contributed by atoms with van der Waals surface area (Å²) >= 11 is 1.23. The lowest BCUT2D eigenvalue weighted by Gasteiger charge is -2.27. The molecular formula is C15H17N3O3S. The zero-order chi connectivity index (χ0) is 15.9. The number of hydrogen-bond acceptors (Lipinski definition) is 5. The largest absolute Gasteiger partial charge is 0.387 e. The Morgan fingerprint density at radius 2 is 2.05 bits per heavy atom. The van der Waals surface area contributed by atoms with Crippen molar-refractivity contribution in [2.45, 2.75) is 33.0 Å². The second kappa shape index (κ2) is 5.66. The summed E-state index contributed by atoms with van der Waals surface area (Å²) in [4.78, 5) is 26.8. The van der Waals surface area contributed by atoms with Crippen molar-refractivity contribution in [2.24, 2.45) is 0 Å². The topological polar surface area (TPSA) is 75.4 Å². The molecule has 0 aliphatic carbocycles. The molecule has 1 unspecified atom stereocenters. The van der Waals surface area contributed by atoms with Gasteiger partial charge in [-0.3, -0.25) is 14.3 Å². The molecule has 7 heteroatoms. The SMILES string of the molecule is CC(=O)c1ccc(C(=O)N2CCn3nc(C(C)O)cc3C2)s1. The average molecular weight is 319 g/mol. The molecule has 2 aromatic heterocycles. The quantitative estimate of drug-likeness (QED) is 0.876. The Kier molecular flexibility index (Phi) is 3.84. The van der Waals surface area contributed by atoms with E-state index in [9.17, 15) is 14.7 Å². The van der Waals surface area contributed by atoms with E-state index in [1.165, 1.54) is 18.3 Å². The minimum Gasteiger partial charge on any atom is -0.387 e. The van der Waals surface area contributed by atoms with Crippen LogP contribution in [0.25, 0.3) is 0 Å². The molecule has 1 amide bonds. The van der Waals surface area contributed by atoms with Crippen molar-refractivity contribution in [2.75, 3.05) is 6.54 Å². The fraction of sp³-hybridized carbons (Fsp3) is 0.400. The second-order valence-corrected chi connectivity index (χ2v) is 6.49. The van der Waals surface area contributed by atoms with E-state index >= 15 is 0 Å². The standard InChI is InChI=1S/C15H17N3O3S/c1-9(19)12-7-11-8-17(5-6-18(11)16-12)15(21)14-4-3-13(22-14)10(2)20/h3-4,7,9,19H,5-6,8H2,1-2H3. The molecule has 1 aliphatic rings. The number of hydrogen-bond donors (Lipinski definition) is 1. The summed E-state index contributed by atoms with van der Waals surface area (Å²) in [5, 5.41) is 13.9. The van der Waals surface area contributed by atoms with Gasteiger partial charge in [0, 0.05) is 6.54 Å². The Balaban J connectivity index is 1.78. The predicted octanol–water partition coefficient (Wildman–Crippen LogP) is 1.86. The Morgan fingerprint density at radius 1 is 1.32 bits per heavy atom. The van der Waals surface area contributed by atoms with Crippen molar-refractivity contribution in [3.05, 3.63) is 39.3 Å². The number of nitrogens with zero attached hydrogens (tertiary/aromatic N) is 3. The van der Waals surface area contributed by atoms with Crippen LogP contribution in [-0.2, 0) is 13.1 Å². The van der Waals surface area contributed by atoms with Crippen LogP contribution < -0.4 is 0 Å². The fourth-order valence-electron chi connectivity index (χ4n) is 2.46. The molecule has 0 radical (unpaired) electrons. The van der Waals surface area contributed by atoms with Gasteiger partial charge in [0.1, 0.15) is 0 Å². The summed E-state index contributed by atoms with van der Waals surface area (Å²) < 4.78 is 1.83. The van der Waals surface area contributed by atoms with Crippen molar-refractivity contribution >= 4 is 23.0 Å². The molecule has 22 heavy (non-hydrogen) atoms. The number of aliphatic hydroxyl groups is 1. The third-order valence-corrected chi connectivity index (χ3v) is 4.87. The highest BCUT2D eigenvalue weighted by atomic mass is 32.1. The molecule has 1 aliphatic heterocycles. The van der Waals surface area contributed by atoms with Gasteiger partial charge in [0.05, 0.1) is 40.3 Å². The number of ketones is 1. The van der Waals surface area contributed by atoms with Crippen LogP contribution in [0.2, 0.25) is 0 Å². The van der Waals surface area contributed by atoms with Gasteiger partial charge in [-0.2, -0.15) is 5.10 Å². The normalized spacial score (nSPS) is 15.5. The first-order valence-corrected chi connectivity index (χ1v) is 7.92. The number of aliphatic hydroxyl groups excluding tert-OH is 1. The van der Waals surface area contributed by atoms with Gasteiger partial charge in [0.25, 0.3) is 5.91 Å². The van der Waals surface area contributed by atoms with Gasteiger partial charge in [-0.15, -0.1) is 11.3 Å². The third kappa shape index (κ3) is 2.69. The van der Waals surface area contributed by atoms with Crippen molar-refractivity contribution in [1.29, 1.82) is 0 Å². The number of Topliss-reactive ketones (excluding diaryl/α,β-unsaturated/α-hetero) is 1. The van der Waals surface area contributed by atoms with Gasteiger partial charge in [0.15, 0.2) is 5.78 Å². The molecule has 3 heterocycles. The van der Waals surface area contributed by atoms with Gasteiger partial charge >= 0.3 is 0 Å². The molecular weight excluding hydrogens is 302 g/mol. The van der Waals surface area contributed by atoms with Gasteiger partial charge in [0.2, 0.25) is 0 Å². The lowest BCUT2D eigenvalue weighted by Crippen LogP contribution is -2.38. The number of fused-ring (bicyclic) bond motifs is 1. The summed E-state index contributed by atoms with van der Waals surface area (Å²) in [6, 6.07) is 5.23. The summed E-state index contributed by atoms with van der Waals surface area (Å²) in [5.41, 5.74) is 1.54. The van der Waals surface area contributed by atoms with E-state index < -0.39 is 6.10 Å². The first kappa shape index (κ1) is 14.9. The molecule has 0 spiro atoms. The zero-order valence-electron chi connectivity index (χ0n) is 12.4. The van der Waals surface area contributed by atoms with E-state index in [2.05, 4.69) is 5.10 Å². The Hall–Kier alpha value is -1.99. The number of thiophene rings is 1. The van der Waals surface area contributed by atoms with E-state index in [1.54, 1.807) is 24.0 Å². The molecule has 0 saturated carbocycles. The number of carbonyl (C=O) groups is 2. The molecule has 0 aromatic carbocycles.